The average molecular weight is 397 g/mol. The van der Waals surface area contributed by atoms with Crippen LogP contribution in [0, 0.1) is 5.82 Å². The van der Waals surface area contributed by atoms with Crippen molar-refractivity contribution in [3.05, 3.63) is 64.9 Å². The SMILES string of the molecule is O=C(NCc1ccc(F)cc1)C1CCCN1S(=O)(=O)c1ccc(Cl)cc1. The zero-order chi connectivity index (χ0) is 18.7. The van der Waals surface area contributed by atoms with E-state index in [9.17, 15) is 17.6 Å². The molecule has 0 spiro atoms. The first kappa shape index (κ1) is 18.8. The molecule has 5 nitrogen and oxygen atoms in total. The molecule has 2 aromatic carbocycles. The Morgan fingerprint density at radius 1 is 1.15 bits per heavy atom. The second kappa shape index (κ2) is 7.73. The first-order valence-corrected chi connectivity index (χ1v) is 9.99. The van der Waals surface area contributed by atoms with Crippen molar-refractivity contribution >= 4 is 27.5 Å². The Kier molecular flexibility index (Phi) is 5.60. The molecular weight excluding hydrogens is 379 g/mol. The van der Waals surface area contributed by atoms with E-state index < -0.39 is 16.1 Å². The van der Waals surface area contributed by atoms with Gasteiger partial charge in [-0.1, -0.05) is 23.7 Å². The third-order valence-electron chi connectivity index (χ3n) is 4.31. The Bertz CT molecular complexity index is 886. The molecule has 0 aromatic heterocycles. The maximum absolute atomic E-state index is 12.9. The summed E-state index contributed by atoms with van der Waals surface area (Å²) in [6.45, 7) is 0.504. The first-order chi connectivity index (χ1) is 12.4. The van der Waals surface area contributed by atoms with Crippen molar-refractivity contribution < 1.29 is 17.6 Å². The minimum Gasteiger partial charge on any atom is -0.351 e. The quantitative estimate of drug-likeness (QED) is 0.845. The maximum atomic E-state index is 12.9. The maximum Gasteiger partial charge on any atom is 0.243 e. The van der Waals surface area contributed by atoms with E-state index in [-0.39, 0.29) is 23.2 Å². The molecule has 1 heterocycles. The summed E-state index contributed by atoms with van der Waals surface area (Å²) in [5.41, 5.74) is 0.741. The van der Waals surface area contributed by atoms with Gasteiger partial charge in [-0.15, -0.1) is 0 Å². The summed E-state index contributed by atoms with van der Waals surface area (Å²) in [7, 11) is -3.77. The van der Waals surface area contributed by atoms with E-state index in [1.807, 2.05) is 0 Å². The highest BCUT2D eigenvalue weighted by Gasteiger charge is 2.39. The van der Waals surface area contributed by atoms with Gasteiger partial charge in [0.05, 0.1) is 4.90 Å². The van der Waals surface area contributed by atoms with Crippen LogP contribution in [0.25, 0.3) is 0 Å². The number of carbonyl (C=O) groups excluding carboxylic acids is 1. The third-order valence-corrected chi connectivity index (χ3v) is 6.48. The fourth-order valence-corrected chi connectivity index (χ4v) is 4.72. The molecular formula is C18H18ClFN2O3S. The molecule has 8 heteroatoms. The summed E-state index contributed by atoms with van der Waals surface area (Å²) in [5, 5.41) is 3.18. The van der Waals surface area contributed by atoms with Crippen molar-refractivity contribution in [1.82, 2.24) is 9.62 Å². The highest BCUT2D eigenvalue weighted by Crippen LogP contribution is 2.27. The molecule has 0 saturated carbocycles. The summed E-state index contributed by atoms with van der Waals surface area (Å²) >= 11 is 5.81. The topological polar surface area (TPSA) is 66.5 Å². The number of amides is 1. The predicted octanol–water partition coefficient (Wildman–Crippen LogP) is 2.95. The number of hydrogen-bond acceptors (Lipinski definition) is 3. The fourth-order valence-electron chi connectivity index (χ4n) is 2.94. The van der Waals surface area contributed by atoms with Crippen LogP contribution >= 0.6 is 11.6 Å². The van der Waals surface area contributed by atoms with Gasteiger partial charge in [0.15, 0.2) is 0 Å². The minimum absolute atomic E-state index is 0.111. The number of sulfonamides is 1. The van der Waals surface area contributed by atoms with Gasteiger partial charge < -0.3 is 5.32 Å². The van der Waals surface area contributed by atoms with E-state index in [2.05, 4.69) is 5.32 Å². The van der Waals surface area contributed by atoms with Crippen LogP contribution < -0.4 is 5.32 Å². The van der Waals surface area contributed by atoms with Crippen LogP contribution in [0.4, 0.5) is 4.39 Å². The number of nitrogens with one attached hydrogen (secondary N) is 1. The van der Waals surface area contributed by atoms with Crippen LogP contribution in [0.3, 0.4) is 0 Å². The molecule has 138 valence electrons. The molecule has 0 bridgehead atoms. The Labute approximate surface area is 156 Å². The lowest BCUT2D eigenvalue weighted by molar-refractivity contribution is -0.124. The molecule has 1 aliphatic heterocycles. The highest BCUT2D eigenvalue weighted by atomic mass is 35.5. The van der Waals surface area contributed by atoms with E-state index in [1.54, 1.807) is 12.1 Å². The van der Waals surface area contributed by atoms with Crippen LogP contribution in [0.1, 0.15) is 18.4 Å². The lowest BCUT2D eigenvalue weighted by atomic mass is 10.2. The van der Waals surface area contributed by atoms with Crippen LogP contribution in [0.5, 0.6) is 0 Å². The van der Waals surface area contributed by atoms with Gasteiger partial charge >= 0.3 is 0 Å². The molecule has 0 aliphatic carbocycles. The predicted molar refractivity (Wildman–Crippen MR) is 96.6 cm³/mol. The summed E-state index contributed by atoms with van der Waals surface area (Å²) in [6, 6.07) is 10.9. The number of carbonyl (C=O) groups is 1. The van der Waals surface area contributed by atoms with Gasteiger partial charge in [-0.3, -0.25) is 4.79 Å². The van der Waals surface area contributed by atoms with Crippen molar-refractivity contribution in [3.63, 3.8) is 0 Å². The van der Waals surface area contributed by atoms with Crippen molar-refractivity contribution in [2.45, 2.75) is 30.3 Å². The molecule has 0 radical (unpaired) electrons. The van der Waals surface area contributed by atoms with Crippen LogP contribution in [0.15, 0.2) is 53.4 Å². The van der Waals surface area contributed by atoms with Crippen molar-refractivity contribution in [3.8, 4) is 0 Å². The monoisotopic (exact) mass is 396 g/mol. The normalized spacial score (nSPS) is 18.0. The lowest BCUT2D eigenvalue weighted by Gasteiger charge is -2.23. The summed E-state index contributed by atoms with van der Waals surface area (Å²) in [5.74, 6) is -0.708. The van der Waals surface area contributed by atoms with Gasteiger partial charge in [0.2, 0.25) is 15.9 Å². The molecule has 1 N–H and O–H groups in total. The Morgan fingerprint density at radius 3 is 2.46 bits per heavy atom. The van der Waals surface area contributed by atoms with Crippen LogP contribution in [-0.2, 0) is 21.4 Å². The van der Waals surface area contributed by atoms with Crippen molar-refractivity contribution in [1.29, 1.82) is 0 Å². The molecule has 3 rings (SSSR count). The van der Waals surface area contributed by atoms with Gasteiger partial charge in [0.1, 0.15) is 11.9 Å². The van der Waals surface area contributed by atoms with Gasteiger partial charge in [0.25, 0.3) is 0 Å². The Hall–Kier alpha value is -1.96. The number of hydrogen-bond donors (Lipinski definition) is 1. The molecule has 1 unspecified atom stereocenters. The fraction of sp³-hybridized carbons (Fsp3) is 0.278. The first-order valence-electron chi connectivity index (χ1n) is 8.17. The Morgan fingerprint density at radius 2 is 1.81 bits per heavy atom. The molecule has 1 fully saturated rings. The standard InChI is InChI=1S/C18H18ClFN2O3S/c19-14-5-9-16(10-6-14)26(24,25)22-11-1-2-17(22)18(23)21-12-13-3-7-15(20)8-4-13/h3-10,17H,1-2,11-12H2,(H,21,23). The van der Waals surface area contributed by atoms with Gasteiger partial charge in [-0.25, -0.2) is 12.8 Å². The minimum atomic E-state index is -3.77. The van der Waals surface area contributed by atoms with E-state index >= 15 is 0 Å². The van der Waals surface area contributed by atoms with Crippen molar-refractivity contribution in [2.24, 2.45) is 0 Å². The number of benzene rings is 2. The molecule has 2 aromatic rings. The zero-order valence-corrected chi connectivity index (χ0v) is 15.4. The van der Waals surface area contributed by atoms with Crippen LogP contribution in [0.2, 0.25) is 5.02 Å². The van der Waals surface area contributed by atoms with E-state index in [4.69, 9.17) is 11.6 Å². The molecule has 1 aliphatic rings. The van der Waals surface area contributed by atoms with Crippen LogP contribution in [-0.4, -0.2) is 31.2 Å². The van der Waals surface area contributed by atoms with E-state index in [0.717, 1.165) is 5.56 Å². The third kappa shape index (κ3) is 4.06. The second-order valence-electron chi connectivity index (χ2n) is 6.07. The van der Waals surface area contributed by atoms with Gasteiger partial charge in [-0.2, -0.15) is 4.31 Å². The second-order valence-corrected chi connectivity index (χ2v) is 8.40. The summed E-state index contributed by atoms with van der Waals surface area (Å²) < 4.78 is 39.8. The van der Waals surface area contributed by atoms with Gasteiger partial charge in [0, 0.05) is 18.1 Å². The Balaban J connectivity index is 1.71. The summed E-state index contributed by atoms with van der Waals surface area (Å²) in [4.78, 5) is 12.6. The number of nitrogens with zero attached hydrogens (tertiary/aromatic N) is 1. The van der Waals surface area contributed by atoms with E-state index in [1.165, 1.54) is 40.7 Å². The molecule has 26 heavy (non-hydrogen) atoms. The lowest BCUT2D eigenvalue weighted by Crippen LogP contribution is -2.45. The highest BCUT2D eigenvalue weighted by molar-refractivity contribution is 7.89. The smallest absolute Gasteiger partial charge is 0.243 e. The van der Waals surface area contributed by atoms with Gasteiger partial charge in [-0.05, 0) is 54.8 Å². The number of halogens is 2. The largest absolute Gasteiger partial charge is 0.351 e. The summed E-state index contributed by atoms with van der Waals surface area (Å²) in [6.07, 6.45) is 1.07. The average Bonchev–Trinajstić information content (AvgIpc) is 3.12. The molecule has 1 saturated heterocycles. The zero-order valence-electron chi connectivity index (χ0n) is 13.9. The number of rotatable bonds is 5. The molecule has 1 amide bonds. The molecule has 1 atom stereocenters. The van der Waals surface area contributed by atoms with Crippen molar-refractivity contribution in [2.75, 3.05) is 6.54 Å². The van der Waals surface area contributed by atoms with E-state index in [0.29, 0.717) is 24.4 Å².